The zero-order valence-electron chi connectivity index (χ0n) is 12.3. The first-order valence-corrected chi connectivity index (χ1v) is 8.86. The molecule has 0 unspecified atom stereocenters. The maximum atomic E-state index is 12.4. The minimum Gasteiger partial charge on any atom is -0.334 e. The Morgan fingerprint density at radius 3 is 2.43 bits per heavy atom. The van der Waals surface area contributed by atoms with Crippen LogP contribution in [0, 0.1) is 0 Å². The van der Waals surface area contributed by atoms with Gasteiger partial charge in [0.2, 0.25) is 0 Å². The van der Waals surface area contributed by atoms with Gasteiger partial charge in [0.25, 0.3) is 0 Å². The smallest absolute Gasteiger partial charge is 0.334 e. The second-order valence-electron chi connectivity index (χ2n) is 5.90. The van der Waals surface area contributed by atoms with Crippen LogP contribution in [-0.4, -0.2) is 47.2 Å². The van der Waals surface area contributed by atoms with E-state index in [1.807, 2.05) is 6.26 Å². The molecule has 2 aliphatic carbocycles. The fourth-order valence-electron chi connectivity index (χ4n) is 3.01. The molecule has 7 heteroatoms. The maximum Gasteiger partial charge on any atom is 0.390 e. The van der Waals surface area contributed by atoms with Gasteiger partial charge in [0, 0.05) is 23.9 Å². The van der Waals surface area contributed by atoms with E-state index >= 15 is 0 Å². The number of alkyl halides is 3. The molecule has 2 rings (SSSR count). The van der Waals surface area contributed by atoms with Crippen LogP contribution in [0.2, 0.25) is 0 Å². The van der Waals surface area contributed by atoms with Gasteiger partial charge in [0.15, 0.2) is 0 Å². The second kappa shape index (κ2) is 7.11. The number of amides is 2. The number of hydrogen-bond acceptors (Lipinski definition) is 2. The van der Waals surface area contributed by atoms with E-state index in [0.29, 0.717) is 5.25 Å². The molecule has 2 amide bonds. The van der Waals surface area contributed by atoms with Crippen LogP contribution < -0.4 is 5.32 Å². The Labute approximate surface area is 128 Å². The minimum absolute atomic E-state index is 0.0125. The first-order chi connectivity index (χ1) is 9.90. The first kappa shape index (κ1) is 16.8. The Morgan fingerprint density at radius 2 is 1.90 bits per heavy atom. The molecule has 2 aliphatic rings. The lowest BCUT2D eigenvalue weighted by Crippen LogP contribution is -2.53. The van der Waals surface area contributed by atoms with Crippen LogP contribution >= 0.6 is 11.8 Å². The normalized spacial score (nSPS) is 26.5. The Bertz CT molecular complexity index is 361. The van der Waals surface area contributed by atoms with Crippen LogP contribution in [0.1, 0.15) is 44.9 Å². The van der Waals surface area contributed by atoms with Gasteiger partial charge in [-0.15, -0.1) is 0 Å². The van der Waals surface area contributed by atoms with Crippen molar-refractivity contribution in [2.24, 2.45) is 0 Å². The summed E-state index contributed by atoms with van der Waals surface area (Å²) in [4.78, 5) is 13.8. The number of thioether (sulfide) groups is 1. The van der Waals surface area contributed by atoms with Crippen molar-refractivity contribution in [2.45, 2.75) is 68.5 Å². The summed E-state index contributed by atoms with van der Waals surface area (Å²) in [5.41, 5.74) is 0. The lowest BCUT2D eigenvalue weighted by Gasteiger charge is -2.38. The number of rotatable bonds is 5. The molecule has 0 saturated heterocycles. The molecule has 0 aromatic heterocycles. The second-order valence-corrected chi connectivity index (χ2v) is 6.98. The van der Waals surface area contributed by atoms with Crippen molar-refractivity contribution in [1.82, 2.24) is 10.2 Å². The molecule has 0 spiro atoms. The van der Waals surface area contributed by atoms with E-state index < -0.39 is 12.6 Å². The average molecular weight is 324 g/mol. The van der Waals surface area contributed by atoms with Crippen LogP contribution in [0.15, 0.2) is 0 Å². The SMILES string of the molecule is CS[C@@H]1CCC[C@H]1NC(=O)N(CCC(F)(F)F)C1CCC1. The van der Waals surface area contributed by atoms with Crippen molar-refractivity contribution in [3.05, 3.63) is 0 Å². The molecule has 3 nitrogen and oxygen atoms in total. The van der Waals surface area contributed by atoms with Crippen molar-refractivity contribution in [3.8, 4) is 0 Å². The van der Waals surface area contributed by atoms with Gasteiger partial charge in [-0.1, -0.05) is 6.42 Å². The fraction of sp³-hybridized carbons (Fsp3) is 0.929. The minimum atomic E-state index is -4.21. The summed E-state index contributed by atoms with van der Waals surface area (Å²) in [6.45, 7) is -0.226. The highest BCUT2D eigenvalue weighted by atomic mass is 32.2. The van der Waals surface area contributed by atoms with E-state index in [1.165, 1.54) is 4.90 Å². The summed E-state index contributed by atoms with van der Waals surface area (Å²) in [5, 5.41) is 3.35. The molecule has 0 heterocycles. The predicted molar refractivity (Wildman–Crippen MR) is 78.5 cm³/mol. The largest absolute Gasteiger partial charge is 0.390 e. The third-order valence-corrected chi connectivity index (χ3v) is 5.65. The molecule has 21 heavy (non-hydrogen) atoms. The third kappa shape index (κ3) is 4.69. The molecule has 2 saturated carbocycles. The summed E-state index contributed by atoms with van der Waals surface area (Å²) in [7, 11) is 0. The van der Waals surface area contributed by atoms with Crippen molar-refractivity contribution in [3.63, 3.8) is 0 Å². The van der Waals surface area contributed by atoms with Gasteiger partial charge in [0.1, 0.15) is 0 Å². The van der Waals surface area contributed by atoms with E-state index in [4.69, 9.17) is 0 Å². The predicted octanol–water partition coefficient (Wildman–Crippen LogP) is 3.79. The lowest BCUT2D eigenvalue weighted by atomic mass is 9.91. The highest BCUT2D eigenvalue weighted by Crippen LogP contribution is 2.30. The van der Waals surface area contributed by atoms with Crippen LogP contribution in [0.4, 0.5) is 18.0 Å². The number of carbonyl (C=O) groups is 1. The number of nitrogens with one attached hydrogen (secondary N) is 1. The molecule has 0 aromatic rings. The van der Waals surface area contributed by atoms with Gasteiger partial charge >= 0.3 is 12.2 Å². The van der Waals surface area contributed by atoms with Crippen LogP contribution in [0.25, 0.3) is 0 Å². The van der Waals surface area contributed by atoms with Crippen LogP contribution in [-0.2, 0) is 0 Å². The highest BCUT2D eigenvalue weighted by Gasteiger charge is 2.36. The van der Waals surface area contributed by atoms with Gasteiger partial charge in [-0.25, -0.2) is 4.79 Å². The van der Waals surface area contributed by atoms with Crippen molar-refractivity contribution in [1.29, 1.82) is 0 Å². The van der Waals surface area contributed by atoms with Crippen molar-refractivity contribution >= 4 is 17.8 Å². The average Bonchev–Trinajstić information content (AvgIpc) is 2.77. The van der Waals surface area contributed by atoms with E-state index in [9.17, 15) is 18.0 Å². The van der Waals surface area contributed by atoms with Gasteiger partial charge < -0.3 is 10.2 Å². The summed E-state index contributed by atoms with van der Waals surface area (Å²) in [6.07, 6.45) is 2.59. The van der Waals surface area contributed by atoms with Gasteiger partial charge in [0.05, 0.1) is 6.42 Å². The molecule has 1 N–H and O–H groups in total. The zero-order chi connectivity index (χ0) is 15.5. The number of nitrogens with zero attached hydrogens (tertiary/aromatic N) is 1. The van der Waals surface area contributed by atoms with Crippen molar-refractivity contribution in [2.75, 3.05) is 12.8 Å². The van der Waals surface area contributed by atoms with Gasteiger partial charge in [-0.3, -0.25) is 0 Å². The topological polar surface area (TPSA) is 32.3 Å². The molecule has 0 radical (unpaired) electrons. The summed E-state index contributed by atoms with van der Waals surface area (Å²) < 4.78 is 37.3. The molecule has 0 aromatic carbocycles. The molecule has 2 atom stereocenters. The van der Waals surface area contributed by atoms with Crippen LogP contribution in [0.5, 0.6) is 0 Å². The number of urea groups is 1. The fourth-order valence-corrected chi connectivity index (χ4v) is 3.95. The quantitative estimate of drug-likeness (QED) is 0.834. The molecular weight excluding hydrogens is 301 g/mol. The lowest BCUT2D eigenvalue weighted by molar-refractivity contribution is -0.137. The number of carbonyl (C=O) groups excluding carboxylic acids is 1. The standard InChI is InChI=1S/C14H23F3N2OS/c1-21-12-7-3-6-11(12)18-13(20)19(10-4-2-5-10)9-8-14(15,16)17/h10-12H,2-9H2,1H3,(H,18,20)/t11-,12-/m1/s1. The number of halogens is 3. The van der Waals surface area contributed by atoms with E-state index in [1.54, 1.807) is 11.8 Å². The van der Waals surface area contributed by atoms with Gasteiger partial charge in [-0.05, 0) is 38.4 Å². The zero-order valence-corrected chi connectivity index (χ0v) is 13.1. The monoisotopic (exact) mass is 324 g/mol. The van der Waals surface area contributed by atoms with E-state index in [2.05, 4.69) is 5.32 Å². The maximum absolute atomic E-state index is 12.4. The Kier molecular flexibility index (Phi) is 5.68. The van der Waals surface area contributed by atoms with Crippen LogP contribution in [0.3, 0.4) is 0 Å². The first-order valence-electron chi connectivity index (χ1n) is 7.57. The Morgan fingerprint density at radius 1 is 1.24 bits per heavy atom. The molecule has 0 bridgehead atoms. The summed E-state index contributed by atoms with van der Waals surface area (Å²) >= 11 is 1.73. The van der Waals surface area contributed by atoms with E-state index in [0.717, 1.165) is 38.5 Å². The Hall–Kier alpha value is -0.590. The van der Waals surface area contributed by atoms with E-state index in [-0.39, 0.29) is 24.7 Å². The molecule has 2 fully saturated rings. The Balaban J connectivity index is 1.91. The molecular formula is C14H23F3N2OS. The molecule has 122 valence electrons. The summed E-state index contributed by atoms with van der Waals surface area (Å²) in [5.74, 6) is 0. The highest BCUT2D eigenvalue weighted by molar-refractivity contribution is 7.99. The van der Waals surface area contributed by atoms with Gasteiger partial charge in [-0.2, -0.15) is 24.9 Å². The molecule has 0 aliphatic heterocycles. The summed E-state index contributed by atoms with van der Waals surface area (Å²) in [6, 6.07) is -0.225. The van der Waals surface area contributed by atoms with Crippen molar-refractivity contribution < 1.29 is 18.0 Å². The third-order valence-electron chi connectivity index (χ3n) is 4.48. The number of hydrogen-bond donors (Lipinski definition) is 1.